The average molecular weight is 396 g/mol. The third-order valence-corrected chi connectivity index (χ3v) is 6.04. The molecule has 0 amide bonds. The largest absolute Gasteiger partial charge is 0.497 e. The van der Waals surface area contributed by atoms with Crippen LogP contribution < -0.4 is 10.1 Å². The molecule has 1 aliphatic rings. The van der Waals surface area contributed by atoms with E-state index in [9.17, 15) is 0 Å². The number of hydrogen-bond donors (Lipinski definition) is 1. The summed E-state index contributed by atoms with van der Waals surface area (Å²) in [6, 6.07) is 12.3. The van der Waals surface area contributed by atoms with E-state index in [0.29, 0.717) is 11.9 Å². The van der Waals surface area contributed by atoms with Gasteiger partial charge < -0.3 is 10.1 Å². The molecule has 0 bridgehead atoms. The second-order valence-electron chi connectivity index (χ2n) is 7.10. The van der Waals surface area contributed by atoms with Crippen LogP contribution >= 0.6 is 11.3 Å². The topological polar surface area (TPSA) is 63.2 Å². The van der Waals surface area contributed by atoms with E-state index in [4.69, 9.17) is 4.74 Å². The van der Waals surface area contributed by atoms with Crippen molar-refractivity contribution in [2.45, 2.75) is 38.8 Å². The molecule has 0 radical (unpaired) electrons. The quantitative estimate of drug-likeness (QED) is 0.651. The Morgan fingerprint density at radius 2 is 2.00 bits per heavy atom. The number of hydrogen-bond acceptors (Lipinski definition) is 7. The number of nitrogens with one attached hydrogen (secondary N) is 1. The molecule has 1 aromatic carbocycles. The molecular formula is C21H25N5OS. The third-order valence-electron chi connectivity index (χ3n) is 5.14. The predicted molar refractivity (Wildman–Crippen MR) is 113 cm³/mol. The van der Waals surface area contributed by atoms with Crippen LogP contribution in [0, 0.1) is 0 Å². The van der Waals surface area contributed by atoms with Crippen molar-refractivity contribution in [1.82, 2.24) is 20.1 Å². The van der Waals surface area contributed by atoms with E-state index in [2.05, 4.69) is 32.3 Å². The van der Waals surface area contributed by atoms with Crippen LogP contribution in [0.15, 0.2) is 42.6 Å². The fourth-order valence-electron chi connectivity index (χ4n) is 3.46. The van der Waals surface area contributed by atoms with E-state index in [1.807, 2.05) is 42.6 Å². The maximum atomic E-state index is 5.19. The molecule has 28 heavy (non-hydrogen) atoms. The van der Waals surface area contributed by atoms with Crippen LogP contribution in [0.4, 0.5) is 10.9 Å². The summed E-state index contributed by atoms with van der Waals surface area (Å²) in [6.45, 7) is 4.47. The molecule has 1 N–H and O–H groups in total. The first-order valence-corrected chi connectivity index (χ1v) is 10.5. The Labute approximate surface area is 169 Å². The van der Waals surface area contributed by atoms with Crippen LogP contribution in [0.5, 0.6) is 5.75 Å². The van der Waals surface area contributed by atoms with Crippen LogP contribution in [0.25, 0.3) is 11.3 Å². The predicted octanol–water partition coefficient (Wildman–Crippen LogP) is 4.73. The maximum absolute atomic E-state index is 5.19. The molecule has 0 spiro atoms. The Balaban J connectivity index is 1.38. The monoisotopic (exact) mass is 395 g/mol. The third kappa shape index (κ3) is 4.48. The van der Waals surface area contributed by atoms with Gasteiger partial charge in [-0.2, -0.15) is 0 Å². The number of rotatable bonds is 6. The zero-order valence-electron chi connectivity index (χ0n) is 16.3. The number of likely N-dealkylation sites (tertiary alicyclic amines) is 1. The lowest BCUT2D eigenvalue weighted by Crippen LogP contribution is -2.36. The van der Waals surface area contributed by atoms with Gasteiger partial charge in [-0.3, -0.25) is 4.90 Å². The molecular weight excluding hydrogens is 370 g/mol. The highest BCUT2D eigenvalue weighted by atomic mass is 32.1. The van der Waals surface area contributed by atoms with Crippen molar-refractivity contribution in [3.63, 3.8) is 0 Å². The first-order chi connectivity index (χ1) is 13.7. The van der Waals surface area contributed by atoms with Gasteiger partial charge in [0.15, 0.2) is 10.9 Å². The van der Waals surface area contributed by atoms with Gasteiger partial charge in [0.25, 0.3) is 0 Å². The van der Waals surface area contributed by atoms with Gasteiger partial charge in [-0.05, 0) is 62.7 Å². The Kier molecular flexibility index (Phi) is 5.83. The van der Waals surface area contributed by atoms with E-state index in [-0.39, 0.29) is 0 Å². The van der Waals surface area contributed by atoms with E-state index in [1.165, 1.54) is 30.7 Å². The van der Waals surface area contributed by atoms with Crippen LogP contribution in [-0.2, 0) is 6.54 Å². The highest BCUT2D eigenvalue weighted by Crippen LogP contribution is 2.26. The van der Waals surface area contributed by atoms with Crippen molar-refractivity contribution >= 4 is 22.3 Å². The lowest BCUT2D eigenvalue weighted by Gasteiger charge is -2.32. The van der Waals surface area contributed by atoms with Crippen molar-refractivity contribution in [2.24, 2.45) is 0 Å². The van der Waals surface area contributed by atoms with Crippen molar-refractivity contribution < 1.29 is 4.74 Å². The number of methoxy groups -OCH3 is 1. The second kappa shape index (κ2) is 8.67. The molecule has 0 aliphatic carbocycles. The van der Waals surface area contributed by atoms with Crippen LogP contribution in [0.2, 0.25) is 0 Å². The lowest BCUT2D eigenvalue weighted by molar-refractivity contribution is 0.154. The summed E-state index contributed by atoms with van der Waals surface area (Å²) in [5.41, 5.74) is 1.83. The fraction of sp³-hybridized carbons (Fsp3) is 0.381. The molecule has 1 saturated heterocycles. The minimum absolute atomic E-state index is 0.656. The zero-order valence-corrected chi connectivity index (χ0v) is 17.1. The van der Waals surface area contributed by atoms with Gasteiger partial charge >= 0.3 is 0 Å². The fourth-order valence-corrected chi connectivity index (χ4v) is 4.30. The summed E-state index contributed by atoms with van der Waals surface area (Å²) >= 11 is 1.68. The summed E-state index contributed by atoms with van der Waals surface area (Å²) in [5, 5.41) is 12.7. The van der Waals surface area contributed by atoms with E-state index in [1.54, 1.807) is 18.4 Å². The van der Waals surface area contributed by atoms with Crippen LogP contribution in [0.1, 0.15) is 31.1 Å². The smallest absolute Gasteiger partial charge is 0.188 e. The summed E-state index contributed by atoms with van der Waals surface area (Å²) in [4.78, 5) is 8.32. The Hall–Kier alpha value is -2.51. The molecule has 146 valence electrons. The van der Waals surface area contributed by atoms with Gasteiger partial charge in [0.2, 0.25) is 0 Å². The number of benzene rings is 1. The minimum atomic E-state index is 0.656. The van der Waals surface area contributed by atoms with Crippen LogP contribution in [-0.4, -0.2) is 39.8 Å². The van der Waals surface area contributed by atoms with Gasteiger partial charge in [0.1, 0.15) is 5.75 Å². The van der Waals surface area contributed by atoms with Gasteiger partial charge in [0.05, 0.1) is 12.8 Å². The summed E-state index contributed by atoms with van der Waals surface area (Å²) in [7, 11) is 1.66. The molecule has 1 fully saturated rings. The molecule has 1 atom stereocenters. The first kappa shape index (κ1) is 18.8. The highest BCUT2D eigenvalue weighted by molar-refractivity contribution is 7.15. The van der Waals surface area contributed by atoms with Crippen molar-refractivity contribution in [2.75, 3.05) is 19.0 Å². The summed E-state index contributed by atoms with van der Waals surface area (Å²) < 4.78 is 5.19. The van der Waals surface area contributed by atoms with Crippen molar-refractivity contribution in [3.05, 3.63) is 47.5 Å². The SMILES string of the molecule is COc1ccc(-c2ccc(Nc3ncc(CN4CCCCC4C)s3)nn2)cc1. The second-order valence-corrected chi connectivity index (χ2v) is 8.22. The lowest BCUT2D eigenvalue weighted by atomic mass is 10.0. The molecule has 2 aromatic heterocycles. The van der Waals surface area contributed by atoms with E-state index >= 15 is 0 Å². The number of nitrogens with zero attached hydrogens (tertiary/aromatic N) is 4. The molecule has 4 rings (SSSR count). The molecule has 0 saturated carbocycles. The highest BCUT2D eigenvalue weighted by Gasteiger charge is 2.19. The Bertz CT molecular complexity index is 894. The maximum Gasteiger partial charge on any atom is 0.188 e. The molecule has 1 unspecified atom stereocenters. The number of piperidine rings is 1. The van der Waals surface area contributed by atoms with Gasteiger partial charge in [-0.1, -0.05) is 6.42 Å². The van der Waals surface area contributed by atoms with Crippen molar-refractivity contribution in [1.29, 1.82) is 0 Å². The van der Waals surface area contributed by atoms with Gasteiger partial charge in [-0.25, -0.2) is 4.98 Å². The molecule has 6 nitrogen and oxygen atoms in total. The Morgan fingerprint density at radius 1 is 1.14 bits per heavy atom. The summed E-state index contributed by atoms with van der Waals surface area (Å²) in [5.74, 6) is 1.53. The van der Waals surface area contributed by atoms with Crippen molar-refractivity contribution in [3.8, 4) is 17.0 Å². The number of ether oxygens (including phenoxy) is 1. The average Bonchev–Trinajstić information content (AvgIpc) is 3.17. The zero-order chi connectivity index (χ0) is 19.3. The van der Waals surface area contributed by atoms with Gasteiger partial charge in [-0.15, -0.1) is 21.5 Å². The minimum Gasteiger partial charge on any atom is -0.497 e. The standard InChI is InChI=1S/C21H25N5OS/c1-15-5-3-4-12-26(15)14-18-13-22-21(28-18)23-20-11-10-19(24-25-20)16-6-8-17(27-2)9-7-16/h6-11,13,15H,3-5,12,14H2,1-2H3,(H,22,23,25). The number of anilines is 2. The normalized spacial score (nSPS) is 17.4. The first-order valence-electron chi connectivity index (χ1n) is 9.65. The molecule has 1 aliphatic heterocycles. The summed E-state index contributed by atoms with van der Waals surface area (Å²) in [6.07, 6.45) is 5.90. The molecule has 3 aromatic rings. The number of thiazole rings is 1. The number of aromatic nitrogens is 3. The van der Waals surface area contributed by atoms with E-state index in [0.717, 1.165) is 28.7 Å². The Morgan fingerprint density at radius 3 is 2.71 bits per heavy atom. The molecule has 7 heteroatoms. The molecule has 3 heterocycles. The van der Waals surface area contributed by atoms with Crippen LogP contribution in [0.3, 0.4) is 0 Å². The van der Waals surface area contributed by atoms with E-state index < -0.39 is 0 Å². The van der Waals surface area contributed by atoms with Gasteiger partial charge in [0, 0.05) is 29.2 Å².